The number of nitrogens with one attached hydrogen (secondary N) is 2. The monoisotopic (exact) mass is 449 g/mol. The summed E-state index contributed by atoms with van der Waals surface area (Å²) in [5.41, 5.74) is 0.508. The Kier molecular flexibility index (Phi) is 7.63. The standard InChI is InChI=1S/C20H23N3O3S3/c1-27-13-11-17(20(24)21-12-14-28-15-7-3-2-4-8-15)22-19-16-9-5-6-10-18(16)29(25,26)23-19/h2-10,17H,11-14H2,1H3,(H,21,24)(H,22,23)/t17-/m1/s1. The average molecular weight is 450 g/mol. The molecule has 0 fully saturated rings. The molecule has 0 saturated heterocycles. The minimum absolute atomic E-state index is 0.191. The Labute approximate surface area is 180 Å². The molecule has 1 atom stereocenters. The van der Waals surface area contributed by atoms with Crippen LogP contribution in [-0.2, 0) is 14.8 Å². The molecular formula is C20H23N3O3S3. The molecule has 29 heavy (non-hydrogen) atoms. The van der Waals surface area contributed by atoms with Crippen LogP contribution in [0.3, 0.4) is 0 Å². The fraction of sp³-hybridized carbons (Fsp3) is 0.300. The van der Waals surface area contributed by atoms with E-state index in [4.69, 9.17) is 0 Å². The number of fused-ring (bicyclic) bond motifs is 1. The van der Waals surface area contributed by atoms with Gasteiger partial charge in [0.25, 0.3) is 10.0 Å². The highest BCUT2D eigenvalue weighted by Crippen LogP contribution is 2.23. The highest BCUT2D eigenvalue weighted by Gasteiger charge is 2.31. The second-order valence-corrected chi connectivity index (χ2v) is 10.1. The molecule has 1 aliphatic rings. The number of carbonyl (C=O) groups excluding carboxylic acids is 1. The number of benzene rings is 2. The van der Waals surface area contributed by atoms with Crippen LogP contribution in [0, 0.1) is 0 Å². The first-order valence-electron chi connectivity index (χ1n) is 9.16. The van der Waals surface area contributed by atoms with E-state index < -0.39 is 16.1 Å². The van der Waals surface area contributed by atoms with Gasteiger partial charge in [0.1, 0.15) is 11.9 Å². The highest BCUT2D eigenvalue weighted by molar-refractivity contribution is 7.99. The lowest BCUT2D eigenvalue weighted by molar-refractivity contribution is -0.122. The number of carbonyl (C=O) groups is 1. The van der Waals surface area contributed by atoms with Crippen molar-refractivity contribution in [3.8, 4) is 0 Å². The molecular weight excluding hydrogens is 426 g/mol. The number of nitrogens with zero attached hydrogens (tertiary/aromatic N) is 1. The summed E-state index contributed by atoms with van der Waals surface area (Å²) in [5, 5.41) is 2.93. The second-order valence-electron chi connectivity index (χ2n) is 6.33. The average Bonchev–Trinajstić information content (AvgIpc) is 2.99. The molecule has 0 aromatic heterocycles. The van der Waals surface area contributed by atoms with Crippen LogP contribution >= 0.6 is 23.5 Å². The lowest BCUT2D eigenvalue weighted by atomic mass is 10.2. The van der Waals surface area contributed by atoms with E-state index in [2.05, 4.69) is 15.0 Å². The van der Waals surface area contributed by atoms with Crippen molar-refractivity contribution in [3.05, 3.63) is 60.2 Å². The Morgan fingerprint density at radius 1 is 1.10 bits per heavy atom. The number of aliphatic imine (C=N–C) groups is 1. The van der Waals surface area contributed by atoms with E-state index in [1.54, 1.807) is 41.7 Å². The van der Waals surface area contributed by atoms with Crippen LogP contribution in [0.5, 0.6) is 0 Å². The third kappa shape index (κ3) is 5.77. The second kappa shape index (κ2) is 10.2. The molecule has 9 heteroatoms. The minimum atomic E-state index is -3.62. The van der Waals surface area contributed by atoms with Crippen molar-refractivity contribution >= 4 is 45.3 Å². The number of amides is 1. The van der Waals surface area contributed by atoms with E-state index in [-0.39, 0.29) is 16.6 Å². The number of amidine groups is 1. The summed E-state index contributed by atoms with van der Waals surface area (Å²) >= 11 is 3.29. The zero-order valence-corrected chi connectivity index (χ0v) is 18.4. The maximum Gasteiger partial charge on any atom is 0.263 e. The van der Waals surface area contributed by atoms with E-state index in [0.717, 1.165) is 16.4 Å². The number of hydrogen-bond acceptors (Lipinski definition) is 6. The van der Waals surface area contributed by atoms with Gasteiger partial charge >= 0.3 is 0 Å². The molecule has 6 nitrogen and oxygen atoms in total. The van der Waals surface area contributed by atoms with Gasteiger partial charge in [0, 0.05) is 22.8 Å². The largest absolute Gasteiger partial charge is 0.353 e. The van der Waals surface area contributed by atoms with Gasteiger partial charge in [-0.1, -0.05) is 30.3 Å². The highest BCUT2D eigenvalue weighted by atomic mass is 32.2. The molecule has 0 unspecified atom stereocenters. The van der Waals surface area contributed by atoms with Crippen LogP contribution in [-0.4, -0.2) is 50.5 Å². The van der Waals surface area contributed by atoms with Gasteiger partial charge in [-0.2, -0.15) is 11.8 Å². The van der Waals surface area contributed by atoms with Crippen molar-refractivity contribution in [2.75, 3.05) is 24.3 Å². The predicted molar refractivity (Wildman–Crippen MR) is 120 cm³/mol. The van der Waals surface area contributed by atoms with Crippen molar-refractivity contribution in [1.82, 2.24) is 10.0 Å². The van der Waals surface area contributed by atoms with Crippen LogP contribution in [0.15, 0.2) is 69.4 Å². The van der Waals surface area contributed by atoms with E-state index >= 15 is 0 Å². The van der Waals surface area contributed by atoms with Crippen LogP contribution in [0.25, 0.3) is 0 Å². The van der Waals surface area contributed by atoms with E-state index in [9.17, 15) is 13.2 Å². The lowest BCUT2D eigenvalue weighted by Crippen LogP contribution is -2.37. The Morgan fingerprint density at radius 3 is 2.59 bits per heavy atom. The molecule has 0 bridgehead atoms. The van der Waals surface area contributed by atoms with Gasteiger partial charge in [-0.3, -0.25) is 14.5 Å². The lowest BCUT2D eigenvalue weighted by Gasteiger charge is -2.14. The summed E-state index contributed by atoms with van der Waals surface area (Å²) in [4.78, 5) is 18.5. The maximum absolute atomic E-state index is 12.7. The molecule has 2 aromatic carbocycles. The van der Waals surface area contributed by atoms with Gasteiger partial charge in [0.2, 0.25) is 5.91 Å². The van der Waals surface area contributed by atoms with Gasteiger partial charge in [0.15, 0.2) is 0 Å². The summed E-state index contributed by atoms with van der Waals surface area (Å²) < 4.78 is 27.0. The number of rotatable bonds is 9. The molecule has 0 spiro atoms. The molecule has 2 aromatic rings. The van der Waals surface area contributed by atoms with Crippen LogP contribution in [0.2, 0.25) is 0 Å². The van der Waals surface area contributed by atoms with E-state index in [1.807, 2.05) is 36.6 Å². The zero-order chi connectivity index (χ0) is 20.7. The molecule has 0 radical (unpaired) electrons. The predicted octanol–water partition coefficient (Wildman–Crippen LogP) is 2.76. The summed E-state index contributed by atoms with van der Waals surface area (Å²) in [6.45, 7) is 0.515. The third-order valence-electron chi connectivity index (χ3n) is 4.26. The Balaban J connectivity index is 1.66. The van der Waals surface area contributed by atoms with Crippen molar-refractivity contribution in [2.45, 2.75) is 22.3 Å². The van der Waals surface area contributed by atoms with Crippen LogP contribution in [0.1, 0.15) is 12.0 Å². The van der Waals surface area contributed by atoms with Gasteiger partial charge in [-0.05, 0) is 42.7 Å². The van der Waals surface area contributed by atoms with Crippen LogP contribution < -0.4 is 10.0 Å². The van der Waals surface area contributed by atoms with Crippen molar-refractivity contribution in [3.63, 3.8) is 0 Å². The first-order chi connectivity index (χ1) is 14.0. The number of hydrogen-bond donors (Lipinski definition) is 2. The van der Waals surface area contributed by atoms with Gasteiger partial charge in [-0.25, -0.2) is 8.42 Å². The number of sulfonamides is 1. The first-order valence-corrected chi connectivity index (χ1v) is 13.0. The molecule has 3 rings (SSSR count). The molecule has 0 aliphatic carbocycles. The first kappa shape index (κ1) is 21.7. The summed E-state index contributed by atoms with van der Waals surface area (Å²) in [7, 11) is -3.62. The maximum atomic E-state index is 12.7. The van der Waals surface area contributed by atoms with Gasteiger partial charge in [0.05, 0.1) is 4.90 Å². The fourth-order valence-corrected chi connectivity index (χ4v) is 5.33. The minimum Gasteiger partial charge on any atom is -0.353 e. The molecule has 0 saturated carbocycles. The van der Waals surface area contributed by atoms with Gasteiger partial charge in [-0.15, -0.1) is 11.8 Å². The Morgan fingerprint density at radius 2 is 1.83 bits per heavy atom. The topological polar surface area (TPSA) is 87.6 Å². The Hall–Kier alpha value is -1.97. The van der Waals surface area contributed by atoms with E-state index in [0.29, 0.717) is 18.5 Å². The fourth-order valence-electron chi connectivity index (χ4n) is 2.85. The molecule has 1 amide bonds. The Bertz CT molecular complexity index is 979. The molecule has 2 N–H and O–H groups in total. The molecule has 154 valence electrons. The smallest absolute Gasteiger partial charge is 0.263 e. The summed E-state index contributed by atoms with van der Waals surface area (Å²) in [5.74, 6) is 1.54. The van der Waals surface area contributed by atoms with Crippen molar-refractivity contribution in [2.24, 2.45) is 4.99 Å². The van der Waals surface area contributed by atoms with E-state index in [1.165, 1.54) is 6.07 Å². The van der Waals surface area contributed by atoms with Crippen LogP contribution in [0.4, 0.5) is 0 Å². The van der Waals surface area contributed by atoms with Gasteiger partial charge < -0.3 is 5.32 Å². The third-order valence-corrected chi connectivity index (χ3v) is 7.31. The summed E-state index contributed by atoms with van der Waals surface area (Å²) in [6.07, 6.45) is 2.50. The summed E-state index contributed by atoms with van der Waals surface area (Å²) in [6, 6.07) is 16.0. The van der Waals surface area contributed by atoms with Crippen molar-refractivity contribution in [1.29, 1.82) is 0 Å². The SMILES string of the molecule is CSCC[C@@H](N=C1NS(=O)(=O)c2ccccc21)C(=O)NCCSc1ccccc1. The normalized spacial score (nSPS) is 16.8. The van der Waals surface area contributed by atoms with Crippen molar-refractivity contribution < 1.29 is 13.2 Å². The molecule has 1 aliphatic heterocycles. The zero-order valence-electron chi connectivity index (χ0n) is 16.0. The molecule has 1 heterocycles. The quantitative estimate of drug-likeness (QED) is 0.454. The number of thioether (sulfide) groups is 2.